The first kappa shape index (κ1) is 10.2. The summed E-state index contributed by atoms with van der Waals surface area (Å²) in [5, 5.41) is 1.01. The zero-order chi connectivity index (χ0) is 11.0. The summed E-state index contributed by atoms with van der Waals surface area (Å²) in [4.78, 5) is 11.4. The number of benzene rings is 1. The van der Waals surface area contributed by atoms with Crippen LogP contribution < -0.4 is 11.3 Å². The molecule has 0 radical (unpaired) electrons. The zero-order valence-corrected chi connectivity index (χ0v) is 9.71. The van der Waals surface area contributed by atoms with Gasteiger partial charge in [0.25, 0.3) is 5.91 Å². The monoisotopic (exact) mass is 267 g/mol. The first-order valence-electron chi connectivity index (χ1n) is 4.39. The van der Waals surface area contributed by atoms with Gasteiger partial charge in [-0.15, -0.1) is 0 Å². The predicted molar refractivity (Wildman–Crippen MR) is 62.3 cm³/mol. The van der Waals surface area contributed by atoms with Crippen LogP contribution in [0.2, 0.25) is 0 Å². The Balaban J connectivity index is 2.69. The molecule has 1 amide bonds. The number of nitrogens with one attached hydrogen (secondary N) is 1. The summed E-state index contributed by atoms with van der Waals surface area (Å²) in [7, 11) is 1.83. The summed E-state index contributed by atoms with van der Waals surface area (Å²) in [5.41, 5.74) is 3.66. The normalized spacial score (nSPS) is 10.6. The fraction of sp³-hybridized carbons (Fsp3) is 0.100. The summed E-state index contributed by atoms with van der Waals surface area (Å²) < 4.78 is 2.79. The van der Waals surface area contributed by atoms with E-state index in [0.29, 0.717) is 5.69 Å². The van der Waals surface area contributed by atoms with E-state index in [4.69, 9.17) is 5.84 Å². The van der Waals surface area contributed by atoms with E-state index in [1.807, 2.05) is 35.9 Å². The van der Waals surface area contributed by atoms with Crippen molar-refractivity contribution >= 4 is 32.7 Å². The lowest BCUT2D eigenvalue weighted by molar-refractivity contribution is 0.0946. The van der Waals surface area contributed by atoms with Gasteiger partial charge in [0.1, 0.15) is 5.69 Å². The largest absolute Gasteiger partial charge is 0.340 e. The molecule has 0 saturated heterocycles. The second kappa shape index (κ2) is 3.67. The first-order valence-corrected chi connectivity index (χ1v) is 5.18. The van der Waals surface area contributed by atoms with Gasteiger partial charge < -0.3 is 4.57 Å². The van der Waals surface area contributed by atoms with E-state index in [1.54, 1.807) is 0 Å². The number of carbonyl (C=O) groups excluding carboxylic acids is 1. The maximum Gasteiger partial charge on any atom is 0.281 e. The Labute approximate surface area is 95.2 Å². The molecule has 2 aromatic rings. The van der Waals surface area contributed by atoms with Gasteiger partial charge in [-0.2, -0.15) is 0 Å². The molecule has 1 aromatic heterocycles. The van der Waals surface area contributed by atoms with Crippen LogP contribution in [0.25, 0.3) is 10.9 Å². The van der Waals surface area contributed by atoms with Crippen molar-refractivity contribution in [1.82, 2.24) is 9.99 Å². The van der Waals surface area contributed by atoms with Crippen molar-refractivity contribution in [2.75, 3.05) is 0 Å². The number of nitrogens with zero attached hydrogens (tertiary/aromatic N) is 1. The third-order valence-electron chi connectivity index (χ3n) is 2.37. The molecule has 0 spiro atoms. The van der Waals surface area contributed by atoms with Gasteiger partial charge >= 0.3 is 0 Å². The van der Waals surface area contributed by atoms with Crippen molar-refractivity contribution in [1.29, 1.82) is 0 Å². The maximum atomic E-state index is 11.4. The molecule has 78 valence electrons. The van der Waals surface area contributed by atoms with Crippen molar-refractivity contribution in [3.05, 3.63) is 34.4 Å². The number of aromatic nitrogens is 1. The van der Waals surface area contributed by atoms with Crippen molar-refractivity contribution in [3.8, 4) is 0 Å². The van der Waals surface area contributed by atoms with Crippen molar-refractivity contribution in [2.45, 2.75) is 0 Å². The Morgan fingerprint density at radius 2 is 2.20 bits per heavy atom. The van der Waals surface area contributed by atoms with Gasteiger partial charge in [-0.1, -0.05) is 22.0 Å². The molecule has 0 atom stereocenters. The van der Waals surface area contributed by atoms with Crippen LogP contribution in [0.5, 0.6) is 0 Å². The maximum absolute atomic E-state index is 11.4. The van der Waals surface area contributed by atoms with Gasteiger partial charge in [-0.3, -0.25) is 10.2 Å². The third-order valence-corrected chi connectivity index (χ3v) is 2.86. The first-order chi connectivity index (χ1) is 7.13. The van der Waals surface area contributed by atoms with Crippen LogP contribution in [0, 0.1) is 0 Å². The second-order valence-electron chi connectivity index (χ2n) is 3.27. The lowest BCUT2D eigenvalue weighted by Crippen LogP contribution is -2.31. The summed E-state index contributed by atoms with van der Waals surface area (Å²) in [6, 6.07) is 7.66. The number of rotatable bonds is 1. The number of nitrogens with two attached hydrogens (primary N) is 1. The topological polar surface area (TPSA) is 60.0 Å². The fourth-order valence-corrected chi connectivity index (χ4v) is 1.94. The summed E-state index contributed by atoms with van der Waals surface area (Å²) in [5.74, 6) is 4.82. The van der Waals surface area contributed by atoms with Crippen molar-refractivity contribution < 1.29 is 4.79 Å². The van der Waals surface area contributed by atoms with Crippen LogP contribution >= 0.6 is 15.9 Å². The molecule has 0 fully saturated rings. The number of halogens is 1. The Morgan fingerprint density at radius 1 is 1.47 bits per heavy atom. The second-order valence-corrected chi connectivity index (χ2v) is 4.18. The lowest BCUT2D eigenvalue weighted by Gasteiger charge is -2.02. The number of aryl methyl sites for hydroxylation is 1. The average molecular weight is 268 g/mol. The number of hydrogen-bond acceptors (Lipinski definition) is 2. The van der Waals surface area contributed by atoms with Crippen LogP contribution in [0.3, 0.4) is 0 Å². The molecule has 0 aliphatic carbocycles. The molecule has 0 unspecified atom stereocenters. The van der Waals surface area contributed by atoms with E-state index in [9.17, 15) is 4.79 Å². The summed E-state index contributed by atoms with van der Waals surface area (Å²) in [6.07, 6.45) is 0. The SMILES string of the molecule is Cn1c(C(=O)NN)cc2ccc(Br)cc21. The molecule has 0 saturated carbocycles. The molecule has 4 nitrogen and oxygen atoms in total. The Morgan fingerprint density at radius 3 is 2.87 bits per heavy atom. The van der Waals surface area contributed by atoms with E-state index >= 15 is 0 Å². The third kappa shape index (κ3) is 1.64. The minimum Gasteiger partial charge on any atom is -0.340 e. The van der Waals surface area contributed by atoms with Crippen LogP contribution in [0.1, 0.15) is 10.5 Å². The molecular formula is C10H10BrN3O. The van der Waals surface area contributed by atoms with Gasteiger partial charge in [0.2, 0.25) is 0 Å². The molecule has 1 aromatic carbocycles. The lowest BCUT2D eigenvalue weighted by atomic mass is 10.2. The highest BCUT2D eigenvalue weighted by molar-refractivity contribution is 9.10. The van der Waals surface area contributed by atoms with Gasteiger partial charge in [0.15, 0.2) is 0 Å². The Kier molecular flexibility index (Phi) is 2.50. The Bertz CT molecular complexity index is 533. The van der Waals surface area contributed by atoms with Crippen molar-refractivity contribution in [3.63, 3.8) is 0 Å². The highest BCUT2D eigenvalue weighted by Gasteiger charge is 2.11. The van der Waals surface area contributed by atoms with Crippen LogP contribution in [0.4, 0.5) is 0 Å². The molecule has 15 heavy (non-hydrogen) atoms. The van der Waals surface area contributed by atoms with Gasteiger partial charge in [0.05, 0.1) is 0 Å². The minimum absolute atomic E-state index is 0.287. The highest BCUT2D eigenvalue weighted by atomic mass is 79.9. The van der Waals surface area contributed by atoms with E-state index in [-0.39, 0.29) is 5.91 Å². The molecule has 0 aliphatic rings. The smallest absolute Gasteiger partial charge is 0.281 e. The molecule has 3 N–H and O–H groups in total. The fourth-order valence-electron chi connectivity index (χ4n) is 1.60. The molecule has 2 rings (SSSR count). The molecule has 0 bridgehead atoms. The number of nitrogen functional groups attached to an aromatic ring is 1. The van der Waals surface area contributed by atoms with Crippen LogP contribution in [-0.4, -0.2) is 10.5 Å². The quantitative estimate of drug-likeness (QED) is 0.468. The predicted octanol–water partition coefficient (Wildman–Crippen LogP) is 1.54. The molecular weight excluding hydrogens is 258 g/mol. The summed E-state index contributed by atoms with van der Waals surface area (Å²) in [6.45, 7) is 0. The van der Waals surface area contributed by atoms with Crippen LogP contribution in [0.15, 0.2) is 28.7 Å². The standard InChI is InChI=1S/C10H10BrN3O/c1-14-8-5-7(11)3-2-6(8)4-9(14)10(15)13-12/h2-5H,12H2,1H3,(H,13,15). The van der Waals surface area contributed by atoms with E-state index in [1.165, 1.54) is 0 Å². The number of hydrazine groups is 1. The minimum atomic E-state index is -0.287. The average Bonchev–Trinajstić information content (AvgIpc) is 2.55. The number of amides is 1. The number of fused-ring (bicyclic) bond motifs is 1. The van der Waals surface area contributed by atoms with Gasteiger partial charge in [-0.05, 0) is 18.2 Å². The highest BCUT2D eigenvalue weighted by Crippen LogP contribution is 2.22. The van der Waals surface area contributed by atoms with Gasteiger partial charge in [0, 0.05) is 22.4 Å². The molecule has 0 aliphatic heterocycles. The number of hydrogen-bond donors (Lipinski definition) is 2. The molecule has 1 heterocycles. The van der Waals surface area contributed by atoms with E-state index in [2.05, 4.69) is 21.4 Å². The Hall–Kier alpha value is -1.33. The zero-order valence-electron chi connectivity index (χ0n) is 8.12. The summed E-state index contributed by atoms with van der Waals surface area (Å²) >= 11 is 3.39. The van der Waals surface area contributed by atoms with Gasteiger partial charge in [-0.25, -0.2) is 5.84 Å². The van der Waals surface area contributed by atoms with E-state index in [0.717, 1.165) is 15.4 Å². The van der Waals surface area contributed by atoms with E-state index < -0.39 is 0 Å². The van der Waals surface area contributed by atoms with Crippen LogP contribution in [-0.2, 0) is 7.05 Å². The molecule has 5 heteroatoms. The van der Waals surface area contributed by atoms with Crippen molar-refractivity contribution in [2.24, 2.45) is 12.9 Å². The number of carbonyl (C=O) groups is 1.